The highest BCUT2D eigenvalue weighted by Crippen LogP contribution is 2.48. The maximum atomic E-state index is 11.8. The summed E-state index contributed by atoms with van der Waals surface area (Å²) in [5, 5.41) is 30.3. The van der Waals surface area contributed by atoms with Crippen molar-refractivity contribution < 1.29 is 29.6 Å². The van der Waals surface area contributed by atoms with E-state index in [9.17, 15) is 24.9 Å². The Morgan fingerprint density at radius 3 is 2.25 bits per heavy atom. The van der Waals surface area contributed by atoms with E-state index in [-0.39, 0.29) is 5.57 Å². The molecule has 0 aliphatic heterocycles. The SMILES string of the molecule is COc1ccc(C(C)(O)C2C(C(=O)O)=CC=CC2(C)C(=O)O)cc1. The quantitative estimate of drug-likeness (QED) is 0.763. The lowest BCUT2D eigenvalue weighted by Gasteiger charge is -2.43. The monoisotopic (exact) mass is 332 g/mol. The lowest BCUT2D eigenvalue weighted by atomic mass is 9.61. The topological polar surface area (TPSA) is 104 Å². The van der Waals surface area contributed by atoms with Crippen LogP contribution in [0.5, 0.6) is 5.75 Å². The summed E-state index contributed by atoms with van der Waals surface area (Å²) in [6.45, 7) is 2.83. The third-order valence-corrected chi connectivity index (χ3v) is 4.57. The van der Waals surface area contributed by atoms with E-state index in [4.69, 9.17) is 4.74 Å². The number of hydrogen-bond donors (Lipinski definition) is 3. The van der Waals surface area contributed by atoms with Crippen molar-refractivity contribution in [2.75, 3.05) is 7.11 Å². The number of benzene rings is 1. The first kappa shape index (κ1) is 17.7. The molecule has 0 heterocycles. The molecule has 0 amide bonds. The second kappa shape index (κ2) is 6.13. The van der Waals surface area contributed by atoms with Gasteiger partial charge in [-0.1, -0.05) is 30.4 Å². The van der Waals surface area contributed by atoms with Gasteiger partial charge in [0.05, 0.1) is 18.1 Å². The lowest BCUT2D eigenvalue weighted by Crippen LogP contribution is -2.49. The number of allylic oxidation sites excluding steroid dienone is 2. The van der Waals surface area contributed by atoms with Crippen molar-refractivity contribution in [1.29, 1.82) is 0 Å². The molecule has 0 aromatic heterocycles. The maximum Gasteiger partial charge on any atom is 0.332 e. The van der Waals surface area contributed by atoms with Gasteiger partial charge in [-0.25, -0.2) is 4.79 Å². The van der Waals surface area contributed by atoms with Crippen molar-refractivity contribution in [2.24, 2.45) is 11.3 Å². The molecule has 0 spiro atoms. The van der Waals surface area contributed by atoms with Gasteiger partial charge in [0.25, 0.3) is 0 Å². The fourth-order valence-corrected chi connectivity index (χ4v) is 3.24. The minimum atomic E-state index is -1.71. The van der Waals surface area contributed by atoms with E-state index in [1.807, 2.05) is 0 Å². The van der Waals surface area contributed by atoms with Gasteiger partial charge in [0.2, 0.25) is 0 Å². The number of rotatable bonds is 5. The average molecular weight is 332 g/mol. The molecule has 3 atom stereocenters. The molecule has 6 heteroatoms. The lowest BCUT2D eigenvalue weighted by molar-refractivity contribution is -0.154. The van der Waals surface area contributed by atoms with Crippen LogP contribution in [0, 0.1) is 11.3 Å². The summed E-state index contributed by atoms with van der Waals surface area (Å²) in [7, 11) is 1.51. The van der Waals surface area contributed by atoms with Crippen LogP contribution >= 0.6 is 0 Å². The van der Waals surface area contributed by atoms with Crippen molar-refractivity contribution >= 4 is 11.9 Å². The van der Waals surface area contributed by atoms with Crippen molar-refractivity contribution in [2.45, 2.75) is 19.4 Å². The number of carboxylic acid groups (broad SMARTS) is 2. The first-order valence-electron chi connectivity index (χ1n) is 7.37. The molecular weight excluding hydrogens is 312 g/mol. The molecule has 1 aliphatic rings. The zero-order chi connectivity index (χ0) is 18.1. The molecule has 24 heavy (non-hydrogen) atoms. The van der Waals surface area contributed by atoms with Gasteiger partial charge in [-0.05, 0) is 31.5 Å². The van der Waals surface area contributed by atoms with E-state index in [1.165, 1.54) is 39.2 Å². The Hall–Kier alpha value is -2.60. The Labute approximate surface area is 139 Å². The summed E-state index contributed by atoms with van der Waals surface area (Å²) in [4.78, 5) is 23.5. The van der Waals surface area contributed by atoms with Crippen LogP contribution in [-0.4, -0.2) is 34.4 Å². The summed E-state index contributed by atoms with van der Waals surface area (Å²) in [6, 6.07) is 6.45. The van der Waals surface area contributed by atoms with Crippen molar-refractivity contribution in [3.63, 3.8) is 0 Å². The first-order chi connectivity index (χ1) is 11.1. The van der Waals surface area contributed by atoms with E-state index in [0.29, 0.717) is 11.3 Å². The second-order valence-corrected chi connectivity index (χ2v) is 6.18. The average Bonchev–Trinajstić information content (AvgIpc) is 2.54. The van der Waals surface area contributed by atoms with Crippen LogP contribution in [0.2, 0.25) is 0 Å². The molecule has 0 saturated heterocycles. The number of aliphatic hydroxyl groups is 1. The molecule has 1 aromatic rings. The second-order valence-electron chi connectivity index (χ2n) is 6.18. The standard InChI is InChI=1S/C18H20O6/c1-17(16(21)22)10-4-5-13(15(19)20)14(17)18(2,23)11-6-8-12(24-3)9-7-11/h4-10,14,23H,1-3H3,(H,19,20)(H,21,22). The van der Waals surface area contributed by atoms with Gasteiger partial charge in [0, 0.05) is 11.5 Å². The van der Waals surface area contributed by atoms with Crippen LogP contribution in [0.15, 0.2) is 48.1 Å². The zero-order valence-electron chi connectivity index (χ0n) is 13.7. The van der Waals surface area contributed by atoms with E-state index in [2.05, 4.69) is 0 Å². The van der Waals surface area contributed by atoms with E-state index >= 15 is 0 Å². The molecule has 1 aliphatic carbocycles. The largest absolute Gasteiger partial charge is 0.497 e. The highest BCUT2D eigenvalue weighted by Gasteiger charge is 2.53. The minimum absolute atomic E-state index is 0.150. The molecule has 0 saturated carbocycles. The Kier molecular flexibility index (Phi) is 4.53. The predicted molar refractivity (Wildman–Crippen MR) is 86.7 cm³/mol. The third kappa shape index (κ3) is 2.80. The Morgan fingerprint density at radius 1 is 1.21 bits per heavy atom. The number of carbonyl (C=O) groups is 2. The van der Waals surface area contributed by atoms with Crippen LogP contribution in [0.3, 0.4) is 0 Å². The van der Waals surface area contributed by atoms with Gasteiger partial charge in [0.15, 0.2) is 0 Å². The van der Waals surface area contributed by atoms with Gasteiger partial charge < -0.3 is 20.1 Å². The van der Waals surface area contributed by atoms with Crippen molar-refractivity contribution in [3.05, 3.63) is 53.6 Å². The van der Waals surface area contributed by atoms with Crippen molar-refractivity contribution in [1.82, 2.24) is 0 Å². The van der Waals surface area contributed by atoms with E-state index in [0.717, 1.165) is 0 Å². The molecule has 1 aromatic carbocycles. The molecule has 0 bridgehead atoms. The zero-order valence-corrected chi connectivity index (χ0v) is 13.7. The summed E-state index contributed by atoms with van der Waals surface area (Å²) < 4.78 is 5.07. The molecule has 3 unspecified atom stereocenters. The number of carboxylic acids is 2. The highest BCUT2D eigenvalue weighted by atomic mass is 16.5. The molecule has 2 rings (SSSR count). The summed E-state index contributed by atoms with van der Waals surface area (Å²) in [5.74, 6) is -3.05. The minimum Gasteiger partial charge on any atom is -0.497 e. The molecule has 6 nitrogen and oxygen atoms in total. The van der Waals surface area contributed by atoms with Gasteiger partial charge in [-0.3, -0.25) is 4.79 Å². The normalized spacial score (nSPS) is 25.5. The molecule has 0 fully saturated rings. The summed E-state index contributed by atoms with van der Waals surface area (Å²) >= 11 is 0. The highest BCUT2D eigenvalue weighted by molar-refractivity contribution is 5.91. The Balaban J connectivity index is 2.60. The molecule has 0 radical (unpaired) electrons. The third-order valence-electron chi connectivity index (χ3n) is 4.57. The first-order valence-corrected chi connectivity index (χ1v) is 7.37. The number of methoxy groups -OCH3 is 1. The van der Waals surface area contributed by atoms with Gasteiger partial charge in [-0.2, -0.15) is 0 Å². The molecule has 3 N–H and O–H groups in total. The Bertz CT molecular complexity index is 714. The molecular formula is C18H20O6. The summed E-state index contributed by atoms with van der Waals surface area (Å²) in [5.41, 5.74) is -3.02. The fourth-order valence-electron chi connectivity index (χ4n) is 3.24. The Morgan fingerprint density at radius 2 is 1.79 bits per heavy atom. The van der Waals surface area contributed by atoms with E-state index in [1.54, 1.807) is 24.3 Å². The van der Waals surface area contributed by atoms with Crippen LogP contribution in [0.4, 0.5) is 0 Å². The van der Waals surface area contributed by atoms with Crippen molar-refractivity contribution in [3.8, 4) is 5.75 Å². The number of aliphatic carboxylic acids is 2. The van der Waals surface area contributed by atoms with Crippen LogP contribution in [-0.2, 0) is 15.2 Å². The van der Waals surface area contributed by atoms with Crippen LogP contribution in [0.25, 0.3) is 0 Å². The number of hydrogen-bond acceptors (Lipinski definition) is 4. The smallest absolute Gasteiger partial charge is 0.332 e. The van der Waals surface area contributed by atoms with Gasteiger partial charge in [0.1, 0.15) is 5.75 Å². The van der Waals surface area contributed by atoms with Crippen LogP contribution in [0.1, 0.15) is 19.4 Å². The maximum absolute atomic E-state index is 11.8. The van der Waals surface area contributed by atoms with E-state index < -0.39 is 28.9 Å². The summed E-state index contributed by atoms with van der Waals surface area (Å²) in [6.07, 6.45) is 4.14. The van der Waals surface area contributed by atoms with Crippen LogP contribution < -0.4 is 4.74 Å². The van der Waals surface area contributed by atoms with Gasteiger partial charge in [-0.15, -0.1) is 0 Å². The van der Waals surface area contributed by atoms with Gasteiger partial charge >= 0.3 is 11.9 Å². The fraction of sp³-hybridized carbons (Fsp3) is 0.333. The predicted octanol–water partition coefficient (Wildman–Crippen LogP) is 2.19. The number of ether oxygens (including phenoxy) is 1. The molecule has 128 valence electrons.